The smallest absolute Gasteiger partial charge is 0.272 e. The van der Waals surface area contributed by atoms with E-state index in [-0.39, 0.29) is 0 Å². The van der Waals surface area contributed by atoms with Gasteiger partial charge in [0, 0.05) is 16.9 Å². The summed E-state index contributed by atoms with van der Waals surface area (Å²) >= 11 is 0. The number of nitrogens with zero attached hydrogens (tertiary/aromatic N) is 1. The zero-order valence-corrected chi connectivity index (χ0v) is 32.0. The van der Waals surface area contributed by atoms with Crippen LogP contribution in [0.25, 0.3) is 0 Å². The van der Waals surface area contributed by atoms with Crippen molar-refractivity contribution in [2.24, 2.45) is 0 Å². The fourth-order valence-corrected chi connectivity index (χ4v) is 6.69. The summed E-state index contributed by atoms with van der Waals surface area (Å²) < 4.78 is 343. The summed E-state index contributed by atoms with van der Waals surface area (Å²) in [5.41, 5.74) is -30.2. The van der Waals surface area contributed by atoms with Gasteiger partial charge >= 0.3 is 49.4 Å². The number of rotatable bonds is 6. The molecule has 0 saturated heterocycles. The van der Waals surface area contributed by atoms with Crippen molar-refractivity contribution in [1.29, 1.82) is 0 Å². The minimum Gasteiger partial charge on any atom is -0.272 e. The number of aromatic nitrogens is 1. The Morgan fingerprint density at radius 1 is 0.318 bits per heavy atom. The van der Waals surface area contributed by atoms with E-state index in [2.05, 4.69) is 0 Å². The Kier molecular flexibility index (Phi) is 14.2. The maximum absolute atomic E-state index is 14.2. The Hall–Kier alpha value is -5.79. The lowest BCUT2D eigenvalue weighted by atomic mass is 9.12. The van der Waals surface area contributed by atoms with Crippen LogP contribution in [-0.2, 0) is 49.4 Å². The third kappa shape index (κ3) is 12.2. The molecule has 1 heterocycles. The van der Waals surface area contributed by atoms with Gasteiger partial charge in [-0.15, -0.1) is 0 Å². The molecule has 5 aromatic rings. The normalized spacial score (nSPS) is 13.6. The highest BCUT2D eigenvalue weighted by Crippen LogP contribution is 2.41. The molecule has 2 nitrogen and oxygen atoms in total. The van der Waals surface area contributed by atoms with Crippen LogP contribution >= 0.6 is 0 Å². The fourth-order valence-electron chi connectivity index (χ4n) is 6.69. The van der Waals surface area contributed by atoms with Crippen molar-refractivity contribution < 1.29 is 115 Å². The van der Waals surface area contributed by atoms with E-state index >= 15 is 0 Å². The third-order valence-electron chi connectivity index (χ3n) is 9.41. The summed E-state index contributed by atoms with van der Waals surface area (Å²) in [5, 5.41) is 0. The molecule has 4 aromatic carbocycles. The zero-order chi connectivity index (χ0) is 50.4. The number of halogens is 24. The fraction of sp³-hybridized carbons (Fsp3) is 0.256. The molecule has 66 heavy (non-hydrogen) atoms. The Labute approximate surface area is 353 Å². The molecule has 0 bridgehead atoms. The molecule has 1 aromatic heterocycles. The van der Waals surface area contributed by atoms with Gasteiger partial charge in [0.2, 0.25) is 12.4 Å². The van der Waals surface area contributed by atoms with E-state index in [0.29, 0.717) is 6.61 Å². The van der Waals surface area contributed by atoms with Crippen LogP contribution in [0.3, 0.4) is 0 Å². The van der Waals surface area contributed by atoms with Crippen LogP contribution in [0, 0.1) is 0 Å². The van der Waals surface area contributed by atoms with Crippen molar-refractivity contribution >= 4 is 28.0 Å². The lowest BCUT2D eigenvalue weighted by Crippen LogP contribution is -2.75. The monoisotopic (exact) mass is 987 g/mol. The van der Waals surface area contributed by atoms with E-state index in [1.165, 1.54) is 0 Å². The van der Waals surface area contributed by atoms with Gasteiger partial charge in [-0.1, -0.05) is 54.6 Å². The molecule has 0 radical (unpaired) electrons. The summed E-state index contributed by atoms with van der Waals surface area (Å²) in [6.45, 7) is 2.66. The largest absolute Gasteiger partial charge is 0.416 e. The minimum absolute atomic E-state index is 0.691. The topological polar surface area (TPSA) is 13.1 Å². The van der Waals surface area contributed by atoms with Crippen LogP contribution in [0.1, 0.15) is 51.4 Å². The summed E-state index contributed by atoms with van der Waals surface area (Å²) in [7, 11) is 0. The molecule has 0 amide bonds. The maximum Gasteiger partial charge on any atom is 0.416 e. The van der Waals surface area contributed by atoms with Gasteiger partial charge in [-0.3, -0.25) is 4.84 Å². The van der Waals surface area contributed by atoms with E-state index in [4.69, 9.17) is 4.84 Å². The Morgan fingerprint density at radius 3 is 0.652 bits per heavy atom. The first-order chi connectivity index (χ1) is 29.7. The van der Waals surface area contributed by atoms with Crippen LogP contribution in [0.2, 0.25) is 0 Å². The molecular weight excluding hydrogens is 965 g/mol. The maximum atomic E-state index is 14.2. The van der Waals surface area contributed by atoms with Crippen molar-refractivity contribution in [2.45, 2.75) is 56.3 Å². The Morgan fingerprint density at radius 2 is 0.500 bits per heavy atom. The minimum atomic E-state index is -6.13. The van der Waals surface area contributed by atoms with E-state index in [9.17, 15) is 105 Å². The van der Waals surface area contributed by atoms with E-state index in [0.717, 1.165) is 0 Å². The van der Waals surface area contributed by atoms with Gasteiger partial charge in [0.25, 0.3) is 0 Å². The molecular formula is C39H22BF24NO. The summed E-state index contributed by atoms with van der Waals surface area (Å²) in [6.07, 6.45) is -51.1. The first-order valence-corrected chi connectivity index (χ1v) is 17.6. The first kappa shape index (κ1) is 52.8. The second-order valence-electron chi connectivity index (χ2n) is 13.9. The quantitative estimate of drug-likeness (QED) is 0.0939. The van der Waals surface area contributed by atoms with Gasteiger partial charge in [-0.2, -0.15) is 127 Å². The van der Waals surface area contributed by atoms with Gasteiger partial charge < -0.3 is 0 Å². The van der Waals surface area contributed by atoms with E-state index < -0.39 is 195 Å². The molecule has 5 rings (SSSR count). The molecule has 0 aliphatic rings. The molecule has 0 fully saturated rings. The number of pyridine rings is 1. The number of alkyl halides is 24. The molecule has 0 unspecified atom stereocenters. The predicted molar refractivity (Wildman–Crippen MR) is 184 cm³/mol. The molecule has 0 spiro atoms. The summed E-state index contributed by atoms with van der Waals surface area (Å²) in [4.78, 5) is 5.12. The number of hydrogen-bond donors (Lipinski definition) is 0. The first-order valence-electron chi connectivity index (χ1n) is 17.6. The van der Waals surface area contributed by atoms with Crippen LogP contribution < -0.4 is 31.4 Å². The lowest BCUT2D eigenvalue weighted by Gasteiger charge is -2.46. The van der Waals surface area contributed by atoms with Crippen molar-refractivity contribution in [2.75, 3.05) is 6.61 Å². The highest BCUT2D eigenvalue weighted by molar-refractivity contribution is 7.20. The average Bonchev–Trinajstić information content (AvgIpc) is 3.16. The van der Waals surface area contributed by atoms with E-state index in [1.807, 2.05) is 37.5 Å². The van der Waals surface area contributed by atoms with Gasteiger partial charge in [0.1, 0.15) is 6.15 Å². The van der Waals surface area contributed by atoms with Crippen molar-refractivity contribution in [3.8, 4) is 0 Å². The van der Waals surface area contributed by atoms with Crippen LogP contribution in [-0.4, -0.2) is 12.8 Å². The molecule has 0 saturated carbocycles. The molecule has 0 N–H and O–H groups in total. The van der Waals surface area contributed by atoms with Crippen LogP contribution in [0.15, 0.2) is 103 Å². The Bertz CT molecular complexity index is 2050. The summed E-state index contributed by atoms with van der Waals surface area (Å²) in [5.74, 6) is 0. The van der Waals surface area contributed by atoms with Crippen LogP contribution in [0.5, 0.6) is 0 Å². The zero-order valence-electron chi connectivity index (χ0n) is 32.0. The molecule has 27 heteroatoms. The van der Waals surface area contributed by atoms with Gasteiger partial charge in [-0.25, -0.2) is 0 Å². The lowest BCUT2D eigenvalue weighted by molar-refractivity contribution is -0.890. The van der Waals surface area contributed by atoms with E-state index in [1.54, 1.807) is 4.73 Å². The predicted octanol–water partition coefficient (Wildman–Crippen LogP) is 11.6. The number of hydrogen-bond acceptors (Lipinski definition) is 1. The van der Waals surface area contributed by atoms with Gasteiger partial charge in [0.05, 0.1) is 44.5 Å². The van der Waals surface area contributed by atoms with Crippen molar-refractivity contribution in [1.82, 2.24) is 0 Å². The average molecular weight is 987 g/mol. The Balaban J connectivity index is 0.000000942. The highest BCUT2D eigenvalue weighted by Gasteiger charge is 2.47. The van der Waals surface area contributed by atoms with Crippen molar-refractivity contribution in [3.05, 3.63) is 148 Å². The van der Waals surface area contributed by atoms with Crippen molar-refractivity contribution in [3.63, 3.8) is 0 Å². The standard InChI is InChI=1S/C32H12BF24.C7H10NO/c34-25(35,36)13-1-14(26(37,38)39)6-21(5-13)33(22-7-15(27(40,41)42)2-16(8-22)28(43,44)45,23-9-17(29(46,47)48)3-18(10-23)30(49,50)51)24-11-19(31(52,53)54)4-20(12-24)32(55,56)57;1-2-9-8-6-4-3-5-7-8/h1-12H;3-7H,2H2,1H3/q-1;+1. The molecule has 0 aliphatic heterocycles. The second-order valence-corrected chi connectivity index (χ2v) is 13.9. The number of benzene rings is 4. The summed E-state index contributed by atoms with van der Waals surface area (Å²) in [6, 6.07) is -3.00. The molecule has 0 atom stereocenters. The van der Waals surface area contributed by atoms with Gasteiger partial charge in [0.15, 0.2) is 6.61 Å². The highest BCUT2D eigenvalue weighted by atomic mass is 19.4. The SMILES string of the molecule is CCO[n+]1ccccc1.FC(F)(F)c1cc([B-](c2cc(C(F)(F)F)cc(C(F)(F)F)c2)(c2cc(C(F)(F)F)cc(C(F)(F)F)c2)c2cc(C(F)(F)F)cc(C(F)(F)F)c2)cc(C(F)(F)F)c1. The molecule has 360 valence electrons. The second kappa shape index (κ2) is 17.8. The molecule has 0 aliphatic carbocycles. The van der Waals surface area contributed by atoms with Crippen LogP contribution in [0.4, 0.5) is 105 Å². The third-order valence-corrected chi connectivity index (χ3v) is 9.41. The van der Waals surface area contributed by atoms with Gasteiger partial charge in [-0.05, 0) is 31.2 Å².